The molecule has 2 aromatic rings. The molecule has 0 amide bonds. The standard InChI is InChI=1S/C20H28N2.ClH/c1-11-7-13(3)17(14(4)8-11)19(21)20(22)18-15(5)9-12(2)10-16(18)6;/h7-10,19-20H,21-22H2,1-6H3;1H/t19-,20-;/m1./s1. The van der Waals surface area contributed by atoms with Gasteiger partial charge in [0.05, 0.1) is 0 Å². The fraction of sp³-hybridized carbons (Fsp3) is 0.400. The molecule has 0 aliphatic carbocycles. The van der Waals surface area contributed by atoms with Gasteiger partial charge in [-0.05, 0) is 74.9 Å². The van der Waals surface area contributed by atoms with Crippen LogP contribution >= 0.6 is 12.4 Å². The quantitative estimate of drug-likeness (QED) is 0.858. The fourth-order valence-electron chi connectivity index (χ4n) is 3.79. The topological polar surface area (TPSA) is 52.0 Å². The van der Waals surface area contributed by atoms with Crippen molar-refractivity contribution >= 4 is 12.4 Å². The summed E-state index contributed by atoms with van der Waals surface area (Å²) in [4.78, 5) is 0. The molecule has 0 fully saturated rings. The second-order valence-electron chi connectivity index (χ2n) is 6.68. The predicted molar refractivity (Wildman–Crippen MR) is 102 cm³/mol. The summed E-state index contributed by atoms with van der Waals surface area (Å²) in [5.74, 6) is 0. The number of rotatable bonds is 3. The normalized spacial score (nSPS) is 13.4. The number of hydrogen-bond donors (Lipinski definition) is 2. The van der Waals surface area contributed by atoms with Gasteiger partial charge in [0.2, 0.25) is 0 Å². The molecule has 0 spiro atoms. The summed E-state index contributed by atoms with van der Waals surface area (Å²) in [6.07, 6.45) is 0. The molecule has 0 heterocycles. The molecule has 0 unspecified atom stereocenters. The zero-order valence-corrected chi connectivity index (χ0v) is 15.8. The molecule has 23 heavy (non-hydrogen) atoms. The summed E-state index contributed by atoms with van der Waals surface area (Å²) in [5.41, 5.74) is 22.9. The molecule has 2 rings (SSSR count). The molecule has 0 saturated carbocycles. The number of halogens is 1. The van der Waals surface area contributed by atoms with E-state index in [2.05, 4.69) is 65.8 Å². The van der Waals surface area contributed by atoms with Crippen LogP contribution in [-0.4, -0.2) is 0 Å². The minimum absolute atomic E-state index is 0. The highest BCUT2D eigenvalue weighted by Crippen LogP contribution is 2.33. The largest absolute Gasteiger partial charge is 0.322 e. The summed E-state index contributed by atoms with van der Waals surface area (Å²) in [5, 5.41) is 0. The van der Waals surface area contributed by atoms with Crippen LogP contribution < -0.4 is 11.5 Å². The molecule has 2 aromatic carbocycles. The molecule has 126 valence electrons. The number of benzene rings is 2. The van der Waals surface area contributed by atoms with Gasteiger partial charge in [0, 0.05) is 12.1 Å². The van der Waals surface area contributed by atoms with Crippen molar-refractivity contribution in [2.45, 2.75) is 53.6 Å². The van der Waals surface area contributed by atoms with Gasteiger partial charge in [0.15, 0.2) is 0 Å². The Labute approximate surface area is 146 Å². The van der Waals surface area contributed by atoms with Crippen molar-refractivity contribution in [1.29, 1.82) is 0 Å². The lowest BCUT2D eigenvalue weighted by Gasteiger charge is -2.27. The van der Waals surface area contributed by atoms with Crippen LogP contribution in [0, 0.1) is 41.5 Å². The number of hydrogen-bond acceptors (Lipinski definition) is 2. The van der Waals surface area contributed by atoms with Crippen molar-refractivity contribution in [3.8, 4) is 0 Å². The monoisotopic (exact) mass is 332 g/mol. The van der Waals surface area contributed by atoms with E-state index < -0.39 is 0 Å². The van der Waals surface area contributed by atoms with Gasteiger partial charge >= 0.3 is 0 Å². The van der Waals surface area contributed by atoms with Crippen LogP contribution in [0.4, 0.5) is 0 Å². The highest BCUT2D eigenvalue weighted by Gasteiger charge is 2.23. The van der Waals surface area contributed by atoms with Crippen LogP contribution in [0.2, 0.25) is 0 Å². The first-order chi connectivity index (χ1) is 10.2. The molecule has 3 heteroatoms. The zero-order valence-electron chi connectivity index (χ0n) is 15.0. The second-order valence-corrected chi connectivity index (χ2v) is 6.68. The van der Waals surface area contributed by atoms with E-state index in [1.165, 1.54) is 44.5 Å². The molecule has 2 nitrogen and oxygen atoms in total. The third kappa shape index (κ3) is 3.95. The molecule has 0 radical (unpaired) electrons. The molecule has 0 aromatic heterocycles. The first-order valence-electron chi connectivity index (χ1n) is 7.89. The molecule has 0 aliphatic heterocycles. The zero-order chi connectivity index (χ0) is 16.6. The first-order valence-corrected chi connectivity index (χ1v) is 7.89. The maximum atomic E-state index is 6.57. The summed E-state index contributed by atoms with van der Waals surface area (Å²) < 4.78 is 0. The number of nitrogens with two attached hydrogens (primary N) is 2. The second kappa shape index (κ2) is 7.48. The van der Waals surface area contributed by atoms with Crippen molar-refractivity contribution in [1.82, 2.24) is 0 Å². The summed E-state index contributed by atoms with van der Waals surface area (Å²) >= 11 is 0. The van der Waals surface area contributed by atoms with Gasteiger partial charge in [0.1, 0.15) is 0 Å². The average Bonchev–Trinajstić information content (AvgIpc) is 2.35. The van der Waals surface area contributed by atoms with E-state index in [1.807, 2.05) is 0 Å². The predicted octanol–water partition coefficient (Wildman–Crippen LogP) is 4.66. The molecule has 2 atom stereocenters. The van der Waals surface area contributed by atoms with Gasteiger partial charge < -0.3 is 11.5 Å². The van der Waals surface area contributed by atoms with Crippen molar-refractivity contribution in [2.75, 3.05) is 0 Å². The van der Waals surface area contributed by atoms with Gasteiger partial charge in [-0.2, -0.15) is 0 Å². The molecular weight excluding hydrogens is 304 g/mol. The van der Waals surface area contributed by atoms with Crippen molar-refractivity contribution in [3.63, 3.8) is 0 Å². The Morgan fingerprint density at radius 3 is 1.00 bits per heavy atom. The smallest absolute Gasteiger partial charge is 0.0496 e. The third-order valence-electron chi connectivity index (χ3n) is 4.53. The Hall–Kier alpha value is -1.35. The highest BCUT2D eigenvalue weighted by molar-refractivity contribution is 5.85. The lowest BCUT2D eigenvalue weighted by atomic mass is 9.85. The average molecular weight is 333 g/mol. The number of aryl methyl sites for hydroxylation is 6. The molecule has 0 aliphatic rings. The Morgan fingerprint density at radius 2 is 0.783 bits per heavy atom. The van der Waals surface area contributed by atoms with E-state index in [0.717, 1.165) is 0 Å². The van der Waals surface area contributed by atoms with Crippen LogP contribution in [0.15, 0.2) is 24.3 Å². The minimum Gasteiger partial charge on any atom is -0.322 e. The van der Waals surface area contributed by atoms with E-state index in [4.69, 9.17) is 11.5 Å². The maximum Gasteiger partial charge on any atom is 0.0496 e. The first kappa shape index (κ1) is 19.7. The van der Waals surface area contributed by atoms with Crippen LogP contribution in [0.5, 0.6) is 0 Å². The minimum atomic E-state index is -0.194. The van der Waals surface area contributed by atoms with Gasteiger partial charge in [-0.1, -0.05) is 35.4 Å². The lowest BCUT2D eigenvalue weighted by Crippen LogP contribution is -2.29. The molecule has 4 N–H and O–H groups in total. The summed E-state index contributed by atoms with van der Waals surface area (Å²) in [6.45, 7) is 12.7. The van der Waals surface area contributed by atoms with E-state index >= 15 is 0 Å². The van der Waals surface area contributed by atoms with E-state index in [-0.39, 0.29) is 24.5 Å². The lowest BCUT2D eigenvalue weighted by molar-refractivity contribution is 0.563. The van der Waals surface area contributed by atoms with E-state index in [0.29, 0.717) is 0 Å². The van der Waals surface area contributed by atoms with E-state index in [1.54, 1.807) is 0 Å². The summed E-state index contributed by atoms with van der Waals surface area (Å²) in [7, 11) is 0. The van der Waals surface area contributed by atoms with Crippen LogP contribution in [-0.2, 0) is 0 Å². The van der Waals surface area contributed by atoms with Crippen LogP contribution in [0.3, 0.4) is 0 Å². The fourth-order valence-corrected chi connectivity index (χ4v) is 3.79. The Bertz CT molecular complexity index is 599. The van der Waals surface area contributed by atoms with Gasteiger partial charge in [-0.3, -0.25) is 0 Å². The van der Waals surface area contributed by atoms with Gasteiger partial charge in [-0.15, -0.1) is 12.4 Å². The molecular formula is C20H29ClN2. The molecule has 0 bridgehead atoms. The van der Waals surface area contributed by atoms with Crippen LogP contribution in [0.25, 0.3) is 0 Å². The van der Waals surface area contributed by atoms with Crippen molar-refractivity contribution < 1.29 is 0 Å². The maximum absolute atomic E-state index is 6.57. The SMILES string of the molecule is Cc1cc(C)c([C@@H](N)[C@H](N)c2c(C)cc(C)cc2C)c(C)c1.Cl. The Morgan fingerprint density at radius 1 is 0.565 bits per heavy atom. The Kier molecular flexibility index (Phi) is 6.41. The van der Waals surface area contributed by atoms with E-state index in [9.17, 15) is 0 Å². The molecule has 0 saturated heterocycles. The van der Waals surface area contributed by atoms with Crippen molar-refractivity contribution in [3.05, 3.63) is 68.8 Å². The van der Waals surface area contributed by atoms with Crippen molar-refractivity contribution in [2.24, 2.45) is 11.5 Å². The summed E-state index contributed by atoms with van der Waals surface area (Å²) in [6, 6.07) is 8.35. The Balaban J connectivity index is 0.00000264. The van der Waals surface area contributed by atoms with Gasteiger partial charge in [0.25, 0.3) is 0 Å². The highest BCUT2D eigenvalue weighted by atomic mass is 35.5. The van der Waals surface area contributed by atoms with Crippen LogP contribution in [0.1, 0.15) is 56.6 Å². The van der Waals surface area contributed by atoms with Gasteiger partial charge in [-0.25, -0.2) is 0 Å². The third-order valence-corrected chi connectivity index (χ3v) is 4.53.